The fraction of sp³-hybridized carbons (Fsp3) is 0.474. The van der Waals surface area contributed by atoms with Gasteiger partial charge in [-0.1, -0.05) is 0 Å². The molecule has 23 heavy (non-hydrogen) atoms. The zero-order chi connectivity index (χ0) is 15.8. The van der Waals surface area contributed by atoms with Crippen molar-refractivity contribution < 1.29 is 28.0 Å². The van der Waals surface area contributed by atoms with Crippen LogP contribution in [0.15, 0.2) is 36.4 Å². The minimum absolute atomic E-state index is 0. The van der Waals surface area contributed by atoms with Gasteiger partial charge in [0.1, 0.15) is 0 Å². The minimum atomic E-state index is 0. The van der Waals surface area contributed by atoms with Crippen molar-refractivity contribution in [2.24, 2.45) is 0 Å². The van der Waals surface area contributed by atoms with Gasteiger partial charge in [-0.2, -0.15) is 0 Å². The molecule has 0 N–H and O–H groups in total. The summed E-state index contributed by atoms with van der Waals surface area (Å²) in [5.41, 5.74) is 4.21. The molecule has 0 spiro atoms. The Morgan fingerprint density at radius 2 is 1.39 bits per heavy atom. The Morgan fingerprint density at radius 3 is 1.78 bits per heavy atom. The van der Waals surface area contributed by atoms with E-state index < -0.39 is 0 Å². The van der Waals surface area contributed by atoms with Crippen molar-refractivity contribution in [2.45, 2.75) is 58.3 Å². The minimum Gasteiger partial charge on any atom is -0.147 e. The molecule has 0 aromatic heterocycles. The first-order valence-corrected chi connectivity index (χ1v) is 8.52. The standard InChI is InChI=1S/C19H26O.2ClH.Zr/c1-18(2,3)14-11-15(13-9-7-8-10-13)17(20)16(12-14)19(4,5)6;;;/h7-13,20H,1-6H3;2*1H;/q;;;+1/p-1. The van der Waals surface area contributed by atoms with Gasteiger partial charge in [-0.25, -0.2) is 0 Å². The van der Waals surface area contributed by atoms with Crippen molar-refractivity contribution in [3.05, 3.63) is 53.1 Å². The first-order valence-electron chi connectivity index (χ1n) is 7.52. The SMILES string of the molecule is CC(C)(C)c1cc(C2C=CC=C2)c([O][Zr])c(C(C)(C)C)c1.Cl.Cl. The normalized spacial score (nSPS) is 14.3. The molecule has 0 bridgehead atoms. The van der Waals surface area contributed by atoms with Gasteiger partial charge in [0.2, 0.25) is 0 Å². The van der Waals surface area contributed by atoms with E-state index in [1.54, 1.807) is 0 Å². The van der Waals surface area contributed by atoms with E-state index in [1.807, 2.05) is 0 Å². The second kappa shape index (κ2) is 8.37. The summed E-state index contributed by atoms with van der Waals surface area (Å²) in [6.45, 7) is 13.6. The molecular formula is C19H27Cl2OZr. The fourth-order valence-corrected chi connectivity index (χ4v) is 3.20. The van der Waals surface area contributed by atoms with Crippen LogP contribution in [0.5, 0.6) is 5.75 Å². The van der Waals surface area contributed by atoms with Crippen molar-refractivity contribution in [3.8, 4) is 5.75 Å². The molecule has 0 radical (unpaired) electrons. The first kappa shape index (κ1) is 23.0. The molecule has 0 heterocycles. The molecule has 1 aliphatic rings. The van der Waals surface area contributed by atoms with E-state index in [4.69, 9.17) is 2.81 Å². The van der Waals surface area contributed by atoms with Crippen molar-refractivity contribution in [3.63, 3.8) is 0 Å². The van der Waals surface area contributed by atoms with E-state index in [9.17, 15) is 0 Å². The van der Waals surface area contributed by atoms with Crippen LogP contribution in [0, 0.1) is 0 Å². The summed E-state index contributed by atoms with van der Waals surface area (Å²) in [6.07, 6.45) is 8.73. The molecule has 1 nitrogen and oxygen atoms in total. The number of halogens is 2. The average Bonchev–Trinajstić information content (AvgIpc) is 2.88. The number of hydrogen-bond donors (Lipinski definition) is 0. The molecule has 1 aliphatic carbocycles. The van der Waals surface area contributed by atoms with Crippen molar-refractivity contribution in [2.75, 3.05) is 0 Å². The molecule has 4 heteroatoms. The second-order valence-corrected chi connectivity index (χ2v) is 8.34. The Morgan fingerprint density at radius 1 is 0.870 bits per heavy atom. The third kappa shape index (κ3) is 5.22. The third-order valence-corrected chi connectivity index (χ3v) is 4.50. The van der Waals surface area contributed by atoms with Crippen LogP contribution in [-0.2, 0) is 36.0 Å². The van der Waals surface area contributed by atoms with E-state index in [1.165, 1.54) is 16.7 Å². The van der Waals surface area contributed by atoms with E-state index in [0.717, 1.165) is 30.9 Å². The van der Waals surface area contributed by atoms with E-state index in [2.05, 4.69) is 78.0 Å². The predicted octanol–water partition coefficient (Wildman–Crippen LogP) is 6.18. The van der Waals surface area contributed by atoms with Crippen molar-refractivity contribution in [1.29, 1.82) is 0 Å². The summed E-state index contributed by atoms with van der Waals surface area (Å²) >= 11 is 1.09. The summed E-state index contributed by atoms with van der Waals surface area (Å²) in [5, 5.41) is 0. The molecule has 1 aromatic carbocycles. The van der Waals surface area contributed by atoms with Crippen LogP contribution in [0.25, 0.3) is 0 Å². The van der Waals surface area contributed by atoms with Gasteiger partial charge in [-0.3, -0.25) is 0 Å². The van der Waals surface area contributed by atoms with Crippen LogP contribution in [0.3, 0.4) is 0 Å². The second-order valence-electron chi connectivity index (χ2n) is 7.84. The maximum Gasteiger partial charge on any atom is -0.147 e. The molecule has 0 amide bonds. The third-order valence-electron chi connectivity index (χ3n) is 4.00. The number of hydrogen-bond acceptors (Lipinski definition) is 1. The number of rotatable bonds is 2. The Hall–Kier alpha value is -0.0369. The maximum absolute atomic E-state index is 5.91. The quantitative estimate of drug-likeness (QED) is 0.542. The molecule has 0 fully saturated rings. The largest absolute Gasteiger partial charge is 0.147 e. The fourth-order valence-electron chi connectivity index (χ4n) is 2.64. The van der Waals surface area contributed by atoms with Gasteiger partial charge in [-0.05, 0) is 0 Å². The van der Waals surface area contributed by atoms with Gasteiger partial charge in [-0.15, -0.1) is 24.8 Å². The molecule has 0 saturated carbocycles. The smallest absolute Gasteiger partial charge is 0.147 e. The molecule has 1 aromatic rings. The number of benzene rings is 1. The Kier molecular flexibility index (Phi) is 8.35. The van der Waals surface area contributed by atoms with E-state index >= 15 is 0 Å². The molecule has 127 valence electrons. The van der Waals surface area contributed by atoms with Gasteiger partial charge in [0.05, 0.1) is 0 Å². The Labute approximate surface area is 169 Å². The first-order chi connectivity index (χ1) is 9.64. The van der Waals surface area contributed by atoms with Gasteiger partial charge < -0.3 is 0 Å². The summed E-state index contributed by atoms with van der Waals surface area (Å²) in [6, 6.07) is 4.67. The maximum atomic E-state index is 5.91. The van der Waals surface area contributed by atoms with Crippen LogP contribution >= 0.6 is 24.8 Å². The van der Waals surface area contributed by atoms with Gasteiger partial charge in [0.15, 0.2) is 0 Å². The van der Waals surface area contributed by atoms with Crippen LogP contribution in [0.2, 0.25) is 0 Å². The van der Waals surface area contributed by atoms with Gasteiger partial charge in [0, 0.05) is 0 Å². The van der Waals surface area contributed by atoms with E-state index in [-0.39, 0.29) is 35.6 Å². The van der Waals surface area contributed by atoms with Crippen molar-refractivity contribution in [1.82, 2.24) is 0 Å². The van der Waals surface area contributed by atoms with Crippen LogP contribution in [0.1, 0.15) is 64.2 Å². The van der Waals surface area contributed by atoms with Crippen LogP contribution < -0.4 is 2.81 Å². The van der Waals surface area contributed by atoms with Gasteiger partial charge in [0.25, 0.3) is 0 Å². The van der Waals surface area contributed by atoms with E-state index in [0.29, 0.717) is 5.92 Å². The zero-order valence-electron chi connectivity index (χ0n) is 14.8. The van der Waals surface area contributed by atoms with Crippen LogP contribution in [-0.4, -0.2) is 0 Å². The summed E-state index contributed by atoms with van der Waals surface area (Å²) < 4.78 is 5.91. The summed E-state index contributed by atoms with van der Waals surface area (Å²) in [7, 11) is 0. The molecule has 0 aliphatic heterocycles. The summed E-state index contributed by atoms with van der Waals surface area (Å²) in [5.74, 6) is 1.42. The molecule has 0 unspecified atom stereocenters. The topological polar surface area (TPSA) is 9.23 Å². The monoisotopic (exact) mass is 431 g/mol. The average molecular weight is 434 g/mol. The van der Waals surface area contributed by atoms with Gasteiger partial charge >= 0.3 is 145 Å². The molecule has 0 saturated heterocycles. The Bertz CT molecular complexity index is 581. The molecular weight excluding hydrogens is 406 g/mol. The summed E-state index contributed by atoms with van der Waals surface area (Å²) in [4.78, 5) is 0. The zero-order valence-corrected chi connectivity index (χ0v) is 18.9. The number of allylic oxidation sites excluding steroid dienone is 4. The Balaban J connectivity index is 0.00000242. The predicted molar refractivity (Wildman–Crippen MR) is 100.0 cm³/mol. The molecule has 0 atom stereocenters. The van der Waals surface area contributed by atoms with Crippen molar-refractivity contribution >= 4 is 24.8 Å². The van der Waals surface area contributed by atoms with Crippen LogP contribution in [0.4, 0.5) is 0 Å². The molecule has 2 rings (SSSR count).